The second kappa shape index (κ2) is 7.64. The Labute approximate surface area is 129 Å². The summed E-state index contributed by atoms with van der Waals surface area (Å²) in [6.45, 7) is 3.02. The molecule has 0 saturated heterocycles. The van der Waals surface area contributed by atoms with Gasteiger partial charge in [-0.3, -0.25) is 9.78 Å². The molecule has 1 aromatic heterocycles. The van der Waals surface area contributed by atoms with Gasteiger partial charge >= 0.3 is 0 Å². The van der Waals surface area contributed by atoms with E-state index in [1.807, 2.05) is 25.1 Å². The maximum Gasteiger partial charge on any atom is 0.269 e. The first kappa shape index (κ1) is 15.3. The quantitative estimate of drug-likeness (QED) is 0.892. The predicted octanol–water partition coefficient (Wildman–Crippen LogP) is 3.11. The number of nitrogens with one attached hydrogen (secondary N) is 1. The van der Waals surface area contributed by atoms with Crippen LogP contribution in [0.3, 0.4) is 0 Å². The molecule has 0 radical (unpaired) electrons. The van der Waals surface area contributed by atoms with Crippen molar-refractivity contribution < 1.29 is 9.53 Å². The molecule has 0 bridgehead atoms. The molecule has 2 rings (SSSR count). The topological polar surface area (TPSA) is 51.2 Å². The summed E-state index contributed by atoms with van der Waals surface area (Å²) in [7, 11) is 0. The Hall–Kier alpha value is -2.07. The minimum atomic E-state index is -0.173. The summed E-state index contributed by atoms with van der Waals surface area (Å²) in [6.07, 6.45) is 2.30. The molecule has 0 aliphatic heterocycles. The van der Waals surface area contributed by atoms with Crippen molar-refractivity contribution in [3.05, 3.63) is 58.9 Å². The lowest BCUT2D eigenvalue weighted by Crippen LogP contribution is -2.26. The lowest BCUT2D eigenvalue weighted by Gasteiger charge is -2.08. The molecule has 110 valence electrons. The number of hydrogen-bond acceptors (Lipinski definition) is 3. The number of amides is 1. The number of ether oxygens (including phenoxy) is 1. The minimum absolute atomic E-state index is 0.173. The first-order valence-electron chi connectivity index (χ1n) is 6.81. The van der Waals surface area contributed by atoms with Gasteiger partial charge in [0.05, 0.1) is 11.6 Å². The largest absolute Gasteiger partial charge is 0.492 e. The van der Waals surface area contributed by atoms with Crippen molar-refractivity contribution in [2.75, 3.05) is 13.2 Å². The van der Waals surface area contributed by atoms with Gasteiger partial charge in [-0.15, -0.1) is 0 Å². The van der Waals surface area contributed by atoms with Crippen molar-refractivity contribution >= 4 is 17.5 Å². The van der Waals surface area contributed by atoms with Gasteiger partial charge in [0.1, 0.15) is 11.4 Å². The Bertz CT molecular complexity index is 602. The maximum atomic E-state index is 11.8. The van der Waals surface area contributed by atoms with E-state index in [9.17, 15) is 4.79 Å². The number of pyridine rings is 1. The Morgan fingerprint density at radius 1 is 1.33 bits per heavy atom. The molecule has 0 saturated carbocycles. The van der Waals surface area contributed by atoms with Crippen molar-refractivity contribution in [2.45, 2.75) is 13.3 Å². The third-order valence-corrected chi connectivity index (χ3v) is 3.19. The highest BCUT2D eigenvalue weighted by Crippen LogP contribution is 2.25. The number of nitrogens with zero attached hydrogens (tertiary/aromatic N) is 1. The third kappa shape index (κ3) is 4.46. The number of carbonyl (C=O) groups excluding carboxylic acids is 1. The number of halogens is 1. The summed E-state index contributed by atoms with van der Waals surface area (Å²) < 4.78 is 5.38. The van der Waals surface area contributed by atoms with Crippen LogP contribution in [0, 0.1) is 0 Å². The summed E-state index contributed by atoms with van der Waals surface area (Å²) in [5, 5.41) is 3.42. The lowest BCUT2D eigenvalue weighted by molar-refractivity contribution is 0.0949. The van der Waals surface area contributed by atoms with E-state index in [1.165, 1.54) is 0 Å². The van der Waals surface area contributed by atoms with Crippen molar-refractivity contribution in [3.8, 4) is 5.75 Å². The fourth-order valence-electron chi connectivity index (χ4n) is 1.88. The summed E-state index contributed by atoms with van der Waals surface area (Å²) >= 11 is 6.12. The Morgan fingerprint density at radius 3 is 2.86 bits per heavy atom. The zero-order chi connectivity index (χ0) is 15.1. The highest BCUT2D eigenvalue weighted by Gasteiger charge is 2.06. The van der Waals surface area contributed by atoms with Gasteiger partial charge in [0, 0.05) is 12.7 Å². The minimum Gasteiger partial charge on any atom is -0.492 e. The molecule has 0 spiro atoms. The number of rotatable bonds is 6. The zero-order valence-corrected chi connectivity index (χ0v) is 12.6. The van der Waals surface area contributed by atoms with Crippen LogP contribution in [0.5, 0.6) is 5.75 Å². The molecule has 2 aromatic rings. The number of aromatic nitrogens is 1. The van der Waals surface area contributed by atoms with Gasteiger partial charge in [0.2, 0.25) is 0 Å². The van der Waals surface area contributed by atoms with Gasteiger partial charge in [-0.25, -0.2) is 0 Å². The second-order valence-electron chi connectivity index (χ2n) is 4.42. The summed E-state index contributed by atoms with van der Waals surface area (Å²) in [6, 6.07) is 10.9. The smallest absolute Gasteiger partial charge is 0.269 e. The maximum absolute atomic E-state index is 11.8. The van der Waals surface area contributed by atoms with Gasteiger partial charge in [0.25, 0.3) is 5.91 Å². The molecule has 0 fully saturated rings. The summed E-state index contributed by atoms with van der Waals surface area (Å²) in [5.41, 5.74) is 1.46. The molecular formula is C16H17ClN2O2. The average Bonchev–Trinajstić information content (AvgIpc) is 2.51. The van der Waals surface area contributed by atoms with Crippen molar-refractivity contribution in [3.63, 3.8) is 0 Å². The lowest BCUT2D eigenvalue weighted by atomic mass is 10.1. The van der Waals surface area contributed by atoms with Crippen LogP contribution in [0.1, 0.15) is 23.0 Å². The third-order valence-electron chi connectivity index (χ3n) is 2.89. The molecular weight excluding hydrogens is 288 g/mol. The highest BCUT2D eigenvalue weighted by molar-refractivity contribution is 6.32. The molecule has 21 heavy (non-hydrogen) atoms. The van der Waals surface area contributed by atoms with Crippen LogP contribution in [0.2, 0.25) is 5.02 Å². The number of carbonyl (C=O) groups is 1. The fourth-order valence-corrected chi connectivity index (χ4v) is 2.14. The SMILES string of the molecule is CCOc1ccc(CCNC(=O)c2ccccn2)cc1Cl. The Kier molecular flexibility index (Phi) is 5.58. The van der Waals surface area contributed by atoms with E-state index in [4.69, 9.17) is 16.3 Å². The highest BCUT2D eigenvalue weighted by atomic mass is 35.5. The van der Waals surface area contributed by atoms with Crippen LogP contribution in [-0.2, 0) is 6.42 Å². The first-order chi connectivity index (χ1) is 10.2. The average molecular weight is 305 g/mol. The standard InChI is InChI=1S/C16H17ClN2O2/c1-2-21-15-7-6-12(11-13(15)17)8-10-19-16(20)14-5-3-4-9-18-14/h3-7,9,11H,2,8,10H2,1H3,(H,19,20). The molecule has 1 aromatic carbocycles. The van der Waals surface area contributed by atoms with Crippen LogP contribution in [0.25, 0.3) is 0 Å². The van der Waals surface area contributed by atoms with E-state index in [1.54, 1.807) is 24.4 Å². The number of benzene rings is 1. The van der Waals surface area contributed by atoms with E-state index in [2.05, 4.69) is 10.3 Å². The summed E-state index contributed by atoms with van der Waals surface area (Å²) in [5.74, 6) is 0.507. The van der Waals surface area contributed by atoms with E-state index < -0.39 is 0 Å². The molecule has 1 heterocycles. The zero-order valence-electron chi connectivity index (χ0n) is 11.8. The fraction of sp³-hybridized carbons (Fsp3) is 0.250. The monoisotopic (exact) mass is 304 g/mol. The van der Waals surface area contributed by atoms with Crippen molar-refractivity contribution in [1.82, 2.24) is 10.3 Å². The van der Waals surface area contributed by atoms with Gasteiger partial charge < -0.3 is 10.1 Å². The molecule has 1 amide bonds. The van der Waals surface area contributed by atoms with Gasteiger partial charge in [0.15, 0.2) is 0 Å². The molecule has 4 nitrogen and oxygen atoms in total. The number of hydrogen-bond donors (Lipinski definition) is 1. The Morgan fingerprint density at radius 2 is 2.19 bits per heavy atom. The van der Waals surface area contributed by atoms with Crippen LogP contribution < -0.4 is 10.1 Å². The van der Waals surface area contributed by atoms with Gasteiger partial charge in [-0.2, -0.15) is 0 Å². The summed E-state index contributed by atoms with van der Waals surface area (Å²) in [4.78, 5) is 15.8. The van der Waals surface area contributed by atoms with E-state index >= 15 is 0 Å². The van der Waals surface area contributed by atoms with E-state index in [0.29, 0.717) is 36.0 Å². The van der Waals surface area contributed by atoms with Crippen molar-refractivity contribution in [1.29, 1.82) is 0 Å². The predicted molar refractivity (Wildman–Crippen MR) is 82.9 cm³/mol. The van der Waals surface area contributed by atoms with Gasteiger partial charge in [-0.1, -0.05) is 23.7 Å². The molecule has 0 atom stereocenters. The van der Waals surface area contributed by atoms with E-state index in [0.717, 1.165) is 5.56 Å². The molecule has 0 aliphatic rings. The molecule has 0 aliphatic carbocycles. The van der Waals surface area contributed by atoms with Crippen molar-refractivity contribution in [2.24, 2.45) is 0 Å². The first-order valence-corrected chi connectivity index (χ1v) is 7.19. The van der Waals surface area contributed by atoms with Crippen LogP contribution >= 0.6 is 11.6 Å². The van der Waals surface area contributed by atoms with Crippen LogP contribution in [0.15, 0.2) is 42.6 Å². The molecule has 5 heteroatoms. The normalized spacial score (nSPS) is 10.2. The van der Waals surface area contributed by atoms with E-state index in [-0.39, 0.29) is 5.91 Å². The Balaban J connectivity index is 1.86. The molecule has 1 N–H and O–H groups in total. The van der Waals surface area contributed by atoms with Crippen LogP contribution in [0.4, 0.5) is 0 Å². The van der Waals surface area contributed by atoms with Crippen LogP contribution in [-0.4, -0.2) is 24.0 Å². The molecule has 0 unspecified atom stereocenters. The van der Waals surface area contributed by atoms with Gasteiger partial charge in [-0.05, 0) is 43.2 Å². The second-order valence-corrected chi connectivity index (χ2v) is 4.83.